The Labute approximate surface area is 177 Å². The average Bonchev–Trinajstić information content (AvgIpc) is 3.44. The van der Waals surface area contributed by atoms with E-state index in [9.17, 15) is 4.79 Å². The van der Waals surface area contributed by atoms with Gasteiger partial charge in [0.2, 0.25) is 5.91 Å². The summed E-state index contributed by atoms with van der Waals surface area (Å²) >= 11 is 3.14. The van der Waals surface area contributed by atoms with Gasteiger partial charge in [0.1, 0.15) is 6.33 Å². The fourth-order valence-electron chi connectivity index (χ4n) is 2.90. The number of benzene rings is 2. The number of hydrogen-bond acceptors (Lipinski definition) is 5. The van der Waals surface area contributed by atoms with Crippen LogP contribution < -0.4 is 5.32 Å². The minimum Gasteiger partial charge on any atom is -0.325 e. The van der Waals surface area contributed by atoms with Gasteiger partial charge < -0.3 is 9.88 Å². The second-order valence-electron chi connectivity index (χ2n) is 6.42. The van der Waals surface area contributed by atoms with Gasteiger partial charge in [-0.3, -0.25) is 4.79 Å². The van der Waals surface area contributed by atoms with E-state index in [1.165, 1.54) is 16.6 Å². The number of carbonyl (C=O) groups excluding carboxylic acids is 1. The highest BCUT2D eigenvalue weighted by atomic mass is 32.2. The van der Waals surface area contributed by atoms with Crippen molar-refractivity contribution in [2.45, 2.75) is 18.1 Å². The molecule has 0 saturated carbocycles. The van der Waals surface area contributed by atoms with E-state index in [1.807, 2.05) is 47.0 Å². The average molecular weight is 421 g/mol. The van der Waals surface area contributed by atoms with E-state index in [-0.39, 0.29) is 11.7 Å². The van der Waals surface area contributed by atoms with Crippen molar-refractivity contribution in [2.24, 2.45) is 0 Å². The number of amides is 1. The molecule has 2 heterocycles. The molecule has 2 aromatic carbocycles. The largest absolute Gasteiger partial charge is 0.325 e. The molecule has 0 aliphatic carbocycles. The molecule has 1 amide bonds. The van der Waals surface area contributed by atoms with Crippen LogP contribution in [-0.4, -0.2) is 26.4 Å². The number of thiophene rings is 1. The third kappa shape index (κ3) is 5.34. The van der Waals surface area contributed by atoms with Gasteiger partial charge >= 0.3 is 0 Å². The van der Waals surface area contributed by atoms with Gasteiger partial charge in [0, 0.05) is 17.1 Å². The summed E-state index contributed by atoms with van der Waals surface area (Å²) in [4.78, 5) is 13.7. The zero-order valence-electron chi connectivity index (χ0n) is 15.7. The highest BCUT2D eigenvalue weighted by molar-refractivity contribution is 7.99. The predicted octanol–water partition coefficient (Wildman–Crippen LogP) is 4.98. The molecule has 0 fully saturated rings. The fourth-order valence-corrected chi connectivity index (χ4v) is 4.34. The summed E-state index contributed by atoms with van der Waals surface area (Å²) in [6.07, 6.45) is 2.65. The summed E-state index contributed by atoms with van der Waals surface area (Å²) < 4.78 is 1.99. The van der Waals surface area contributed by atoms with Crippen molar-refractivity contribution in [3.63, 3.8) is 0 Å². The fraction of sp³-hybridized carbons (Fsp3) is 0.136. The summed E-state index contributed by atoms with van der Waals surface area (Å²) in [5, 5.41) is 13.9. The number of thioether (sulfide) groups is 1. The van der Waals surface area contributed by atoms with Crippen LogP contribution in [0.3, 0.4) is 0 Å². The van der Waals surface area contributed by atoms with Gasteiger partial charge in [-0.2, -0.15) is 0 Å². The number of carbonyl (C=O) groups is 1. The molecule has 0 radical (unpaired) electrons. The van der Waals surface area contributed by atoms with Gasteiger partial charge in [-0.05, 0) is 41.1 Å². The van der Waals surface area contributed by atoms with Crippen molar-refractivity contribution in [1.29, 1.82) is 0 Å². The molecular weight excluding hydrogens is 400 g/mol. The number of nitrogens with one attached hydrogen (secondary N) is 1. The van der Waals surface area contributed by atoms with Crippen LogP contribution in [0.15, 0.2) is 83.6 Å². The van der Waals surface area contributed by atoms with Gasteiger partial charge in [0.25, 0.3) is 0 Å². The van der Waals surface area contributed by atoms with Crippen molar-refractivity contribution in [3.05, 3.63) is 83.3 Å². The maximum atomic E-state index is 12.3. The number of aromatic nitrogens is 3. The van der Waals surface area contributed by atoms with E-state index in [2.05, 4.69) is 45.2 Å². The molecule has 0 aliphatic rings. The second-order valence-corrected chi connectivity index (χ2v) is 8.39. The monoisotopic (exact) mass is 420 g/mol. The second kappa shape index (κ2) is 9.54. The standard InChI is InChI=1S/C22H20N4OS2/c27-21(24-19-10-8-18(9-11-19)17-5-2-1-3-6-17)15-29-22-25-23-16-26(22)13-12-20-7-4-14-28-20/h1-11,14,16H,12-13,15H2,(H,24,27). The Bertz CT molecular complexity index is 1040. The first-order valence-electron chi connectivity index (χ1n) is 9.26. The van der Waals surface area contributed by atoms with E-state index >= 15 is 0 Å². The molecule has 1 N–H and O–H groups in total. The van der Waals surface area contributed by atoms with E-state index in [0.717, 1.165) is 34.9 Å². The van der Waals surface area contributed by atoms with Crippen molar-refractivity contribution >= 4 is 34.7 Å². The summed E-state index contributed by atoms with van der Waals surface area (Å²) in [5.41, 5.74) is 3.06. The first-order chi connectivity index (χ1) is 14.3. The van der Waals surface area contributed by atoms with Gasteiger partial charge in [0.15, 0.2) is 5.16 Å². The van der Waals surface area contributed by atoms with Crippen molar-refractivity contribution < 1.29 is 4.79 Å². The normalized spacial score (nSPS) is 10.8. The summed E-state index contributed by atoms with van der Waals surface area (Å²) in [6, 6.07) is 22.2. The summed E-state index contributed by atoms with van der Waals surface area (Å²) in [5.74, 6) is 0.230. The van der Waals surface area contributed by atoms with Crippen molar-refractivity contribution in [2.75, 3.05) is 11.1 Å². The maximum Gasteiger partial charge on any atom is 0.234 e. The van der Waals surface area contributed by atoms with Crippen LogP contribution in [0.4, 0.5) is 5.69 Å². The molecule has 146 valence electrons. The maximum absolute atomic E-state index is 12.3. The molecule has 0 atom stereocenters. The predicted molar refractivity (Wildman–Crippen MR) is 119 cm³/mol. The lowest BCUT2D eigenvalue weighted by molar-refractivity contribution is -0.113. The van der Waals surface area contributed by atoms with E-state index in [4.69, 9.17) is 0 Å². The number of aryl methyl sites for hydroxylation is 2. The molecule has 7 heteroatoms. The Balaban J connectivity index is 1.29. The van der Waals surface area contributed by atoms with Gasteiger partial charge in [0.05, 0.1) is 5.75 Å². The number of rotatable bonds is 8. The Hall–Kier alpha value is -2.90. The SMILES string of the molecule is O=C(CSc1nncn1CCc1cccs1)Nc1ccc(-c2ccccc2)cc1. The van der Waals surface area contributed by atoms with Crippen LogP contribution in [0.5, 0.6) is 0 Å². The highest BCUT2D eigenvalue weighted by Gasteiger charge is 2.10. The lowest BCUT2D eigenvalue weighted by Gasteiger charge is -2.08. The minimum absolute atomic E-state index is 0.0599. The lowest BCUT2D eigenvalue weighted by Crippen LogP contribution is -2.14. The zero-order valence-corrected chi connectivity index (χ0v) is 17.3. The van der Waals surface area contributed by atoms with Crippen LogP contribution >= 0.6 is 23.1 Å². The third-order valence-corrected chi connectivity index (χ3v) is 6.28. The molecule has 0 unspecified atom stereocenters. The van der Waals surface area contributed by atoms with Crippen molar-refractivity contribution in [1.82, 2.24) is 14.8 Å². The molecule has 0 bridgehead atoms. The Morgan fingerprint density at radius 3 is 2.55 bits per heavy atom. The first kappa shape index (κ1) is 19.4. The van der Waals surface area contributed by atoms with Gasteiger partial charge in [-0.15, -0.1) is 21.5 Å². The highest BCUT2D eigenvalue weighted by Crippen LogP contribution is 2.22. The Morgan fingerprint density at radius 1 is 1.00 bits per heavy atom. The zero-order chi connectivity index (χ0) is 19.9. The van der Waals surface area contributed by atoms with Crippen LogP contribution in [0.25, 0.3) is 11.1 Å². The smallest absolute Gasteiger partial charge is 0.234 e. The molecule has 0 saturated heterocycles. The minimum atomic E-state index is -0.0599. The van der Waals surface area contributed by atoms with E-state index in [1.54, 1.807) is 17.7 Å². The molecule has 29 heavy (non-hydrogen) atoms. The molecule has 4 aromatic rings. The van der Waals surface area contributed by atoms with Crippen LogP contribution in [-0.2, 0) is 17.8 Å². The quantitative estimate of drug-likeness (QED) is 0.409. The molecule has 2 aromatic heterocycles. The van der Waals surface area contributed by atoms with Crippen LogP contribution in [0.1, 0.15) is 4.88 Å². The van der Waals surface area contributed by atoms with E-state index in [0.29, 0.717) is 0 Å². The lowest BCUT2D eigenvalue weighted by atomic mass is 10.1. The van der Waals surface area contributed by atoms with Gasteiger partial charge in [-0.1, -0.05) is 60.3 Å². The van der Waals surface area contributed by atoms with Crippen molar-refractivity contribution in [3.8, 4) is 11.1 Å². The number of hydrogen-bond donors (Lipinski definition) is 1. The Morgan fingerprint density at radius 2 is 1.79 bits per heavy atom. The molecule has 4 rings (SSSR count). The summed E-state index contributed by atoms with van der Waals surface area (Å²) in [6.45, 7) is 0.804. The number of nitrogens with zero attached hydrogens (tertiary/aromatic N) is 3. The van der Waals surface area contributed by atoms with Gasteiger partial charge in [-0.25, -0.2) is 0 Å². The van der Waals surface area contributed by atoms with Crippen LogP contribution in [0, 0.1) is 0 Å². The van der Waals surface area contributed by atoms with Crippen LogP contribution in [0.2, 0.25) is 0 Å². The number of anilines is 1. The molecular formula is C22H20N4OS2. The summed E-state index contributed by atoms with van der Waals surface area (Å²) in [7, 11) is 0. The Kier molecular flexibility index (Phi) is 6.38. The first-order valence-corrected chi connectivity index (χ1v) is 11.1. The molecule has 0 aliphatic heterocycles. The molecule has 0 spiro atoms. The third-order valence-electron chi connectivity index (χ3n) is 4.37. The van der Waals surface area contributed by atoms with E-state index < -0.39 is 0 Å². The topological polar surface area (TPSA) is 59.8 Å². The molecule has 5 nitrogen and oxygen atoms in total.